The smallest absolute Gasteiger partial charge is 0.336 e. The number of aliphatic hydroxyl groups excluding tert-OH is 1. The Morgan fingerprint density at radius 2 is 1.51 bits per heavy atom. The molecular weight excluding hydrogens is 813 g/mol. The first-order valence-electron chi connectivity index (χ1n) is 20.4. The molecule has 2 fully saturated rings. The number of phenols is 2. The predicted molar refractivity (Wildman–Crippen MR) is 230 cm³/mol. The van der Waals surface area contributed by atoms with Gasteiger partial charge in [-0.3, -0.25) is 9.59 Å². The summed E-state index contributed by atoms with van der Waals surface area (Å²) in [6.07, 6.45) is 2.28. The molecule has 5 heterocycles. The molecule has 1 aliphatic carbocycles. The van der Waals surface area contributed by atoms with Gasteiger partial charge < -0.3 is 49.6 Å². The molecule has 9 rings (SSSR count). The number of nitrogens with zero attached hydrogens (tertiary/aromatic N) is 9. The highest BCUT2D eigenvalue weighted by Crippen LogP contribution is 2.42. The van der Waals surface area contributed by atoms with Gasteiger partial charge in [-0.25, -0.2) is 9.48 Å². The molecule has 322 valence electrons. The number of morpholine rings is 1. The average molecular weight is 855 g/mol. The van der Waals surface area contributed by atoms with E-state index in [0.29, 0.717) is 111 Å². The van der Waals surface area contributed by atoms with E-state index in [2.05, 4.69) is 15.6 Å². The molecule has 0 spiro atoms. The van der Waals surface area contributed by atoms with E-state index in [1.54, 1.807) is 59.6 Å². The average Bonchev–Trinajstić information content (AvgIpc) is 3.76. The van der Waals surface area contributed by atoms with Crippen LogP contribution in [0.5, 0.6) is 11.5 Å². The standard InChI is InChI=1S/C44H42N10O9/c55-18-11-28-25-54(50-49-28)36(21-26-1-4-29(56)5-2-26)40(59)51-12-14-52(15-13-51)43-46-42(47-44(48-43)53-16-19-62-20-17-53)45-27-3-8-32(35(22-27)41(60)61)39-33-9-6-30(57)23-37(33)63-38-24-31(58)7-10-34(38)39/h1-10,22-25,36,55-57H,11-21H2,(H,60,61)(H,45,46,47,48)/t36-/m0/s1. The molecule has 3 aromatic carbocycles. The van der Waals surface area contributed by atoms with E-state index < -0.39 is 12.0 Å². The Morgan fingerprint density at radius 1 is 0.794 bits per heavy atom. The molecule has 19 nitrogen and oxygen atoms in total. The summed E-state index contributed by atoms with van der Waals surface area (Å²) in [4.78, 5) is 59.6. The third kappa shape index (κ3) is 8.64. The minimum absolute atomic E-state index is 0.0456. The molecule has 0 radical (unpaired) electrons. The molecule has 5 N–H and O–H groups in total. The molecule has 63 heavy (non-hydrogen) atoms. The quantitative estimate of drug-likeness (QED) is 0.110. The van der Waals surface area contributed by atoms with Gasteiger partial charge in [-0.1, -0.05) is 23.4 Å². The van der Waals surface area contributed by atoms with Gasteiger partial charge in [0.05, 0.1) is 24.5 Å². The number of anilines is 4. The molecule has 0 saturated carbocycles. The first-order chi connectivity index (χ1) is 30.6. The van der Waals surface area contributed by atoms with Gasteiger partial charge >= 0.3 is 5.97 Å². The number of aliphatic hydroxyl groups is 1. The van der Waals surface area contributed by atoms with Crippen molar-refractivity contribution >= 4 is 46.4 Å². The fraction of sp³-hybridized carbons (Fsp3) is 0.273. The SMILES string of the molecule is O=C(O)c1cc(Nc2nc(N3CCOCC3)nc(N3CCN(C(=O)[C@H](Cc4ccc(O)cc4)n4cc(CCO)nn4)CC3)n2)ccc1-c1c2ccc(=O)cc-2oc2cc(O)ccc12. The monoisotopic (exact) mass is 854 g/mol. The second-order valence-corrected chi connectivity index (χ2v) is 15.2. The number of amides is 1. The summed E-state index contributed by atoms with van der Waals surface area (Å²) in [5, 5.41) is 52.2. The van der Waals surface area contributed by atoms with Crippen LogP contribution in [0.3, 0.4) is 0 Å². The number of aromatic nitrogens is 6. The minimum atomic E-state index is -1.20. The highest BCUT2D eigenvalue weighted by molar-refractivity contribution is 6.08. The van der Waals surface area contributed by atoms with Crippen LogP contribution in [0.15, 0.2) is 94.3 Å². The molecule has 0 bridgehead atoms. The number of carboxylic acid groups (broad SMARTS) is 1. The van der Waals surface area contributed by atoms with Crippen molar-refractivity contribution in [2.75, 3.05) is 74.2 Å². The van der Waals surface area contributed by atoms with Crippen molar-refractivity contribution < 1.29 is 39.2 Å². The molecule has 19 heteroatoms. The van der Waals surface area contributed by atoms with Crippen molar-refractivity contribution in [2.24, 2.45) is 0 Å². The Kier molecular flexibility index (Phi) is 11.2. The van der Waals surface area contributed by atoms with Gasteiger partial charge in [0, 0.05) is 99.2 Å². The van der Waals surface area contributed by atoms with Crippen LogP contribution in [0, 0.1) is 0 Å². The third-order valence-corrected chi connectivity index (χ3v) is 11.1. The number of carbonyl (C=O) groups is 2. The van der Waals surface area contributed by atoms with Crippen LogP contribution in [0.25, 0.3) is 33.4 Å². The number of ether oxygens (including phenoxy) is 1. The van der Waals surface area contributed by atoms with Crippen LogP contribution in [0.1, 0.15) is 27.7 Å². The van der Waals surface area contributed by atoms with Crippen molar-refractivity contribution in [3.63, 3.8) is 0 Å². The number of piperazine rings is 1. The summed E-state index contributed by atoms with van der Waals surface area (Å²) in [6, 6.07) is 19.7. The summed E-state index contributed by atoms with van der Waals surface area (Å²) < 4.78 is 13.1. The van der Waals surface area contributed by atoms with Crippen LogP contribution < -0.4 is 20.5 Å². The van der Waals surface area contributed by atoms with E-state index in [1.165, 1.54) is 35.0 Å². The number of hydrogen-bond donors (Lipinski definition) is 5. The fourth-order valence-corrected chi connectivity index (χ4v) is 7.93. The number of fused-ring (bicyclic) bond motifs is 2. The van der Waals surface area contributed by atoms with E-state index >= 15 is 0 Å². The van der Waals surface area contributed by atoms with Crippen molar-refractivity contribution in [3.8, 4) is 33.9 Å². The Balaban J connectivity index is 0.997. The van der Waals surface area contributed by atoms with Crippen LogP contribution in [0.4, 0.5) is 23.5 Å². The normalized spacial score (nSPS) is 14.9. The molecule has 1 amide bonds. The maximum Gasteiger partial charge on any atom is 0.336 e. The van der Waals surface area contributed by atoms with Crippen LogP contribution >= 0.6 is 0 Å². The summed E-state index contributed by atoms with van der Waals surface area (Å²) in [7, 11) is 0. The Bertz CT molecular complexity index is 2840. The first kappa shape index (κ1) is 40.7. The molecular formula is C44H42N10O9. The lowest BCUT2D eigenvalue weighted by atomic mass is 9.90. The van der Waals surface area contributed by atoms with Gasteiger partial charge in [0.25, 0.3) is 0 Å². The maximum absolute atomic E-state index is 14.2. The predicted octanol–water partition coefficient (Wildman–Crippen LogP) is 3.70. The number of nitrogens with one attached hydrogen (secondary N) is 1. The highest BCUT2D eigenvalue weighted by atomic mass is 16.5. The zero-order valence-electron chi connectivity index (χ0n) is 33.8. The molecule has 2 aromatic heterocycles. The maximum atomic E-state index is 14.2. The zero-order valence-corrected chi connectivity index (χ0v) is 33.8. The van der Waals surface area contributed by atoms with Gasteiger partial charge in [-0.05, 0) is 59.7 Å². The summed E-state index contributed by atoms with van der Waals surface area (Å²) in [6.45, 7) is 3.44. The van der Waals surface area contributed by atoms with Crippen molar-refractivity contribution in [2.45, 2.75) is 18.9 Å². The lowest BCUT2D eigenvalue weighted by Gasteiger charge is -2.36. The lowest BCUT2D eigenvalue weighted by Crippen LogP contribution is -2.51. The number of phenolic OH excluding ortho intramolecular Hbond substituents is 2. The van der Waals surface area contributed by atoms with E-state index in [4.69, 9.17) is 24.1 Å². The van der Waals surface area contributed by atoms with Gasteiger partial charge in [0.2, 0.25) is 23.8 Å². The van der Waals surface area contributed by atoms with E-state index in [-0.39, 0.29) is 52.3 Å². The molecule has 1 atom stereocenters. The molecule has 2 saturated heterocycles. The number of rotatable bonds is 12. The summed E-state index contributed by atoms with van der Waals surface area (Å²) in [5.74, 6) is -0.102. The van der Waals surface area contributed by atoms with Gasteiger partial charge in [-0.15, -0.1) is 5.10 Å². The van der Waals surface area contributed by atoms with Crippen molar-refractivity contribution in [3.05, 3.63) is 112 Å². The van der Waals surface area contributed by atoms with E-state index in [1.807, 2.05) is 9.80 Å². The number of hydrogen-bond acceptors (Lipinski definition) is 16. The van der Waals surface area contributed by atoms with Crippen molar-refractivity contribution in [1.82, 2.24) is 34.8 Å². The minimum Gasteiger partial charge on any atom is -0.508 e. The number of aromatic carboxylic acids is 1. The molecule has 4 aliphatic rings. The zero-order chi connectivity index (χ0) is 43.6. The lowest BCUT2D eigenvalue weighted by molar-refractivity contribution is -0.135. The summed E-state index contributed by atoms with van der Waals surface area (Å²) >= 11 is 0. The number of carbonyl (C=O) groups excluding carboxylic acids is 1. The number of benzene rings is 4. The Labute approximate surface area is 358 Å². The number of carboxylic acids is 1. The number of aromatic hydroxyl groups is 2. The topological polar surface area (TPSA) is 246 Å². The van der Waals surface area contributed by atoms with Crippen LogP contribution in [0.2, 0.25) is 0 Å². The van der Waals surface area contributed by atoms with E-state index in [0.717, 1.165) is 5.56 Å². The largest absolute Gasteiger partial charge is 0.508 e. The van der Waals surface area contributed by atoms with Crippen LogP contribution in [-0.2, 0) is 22.4 Å². The van der Waals surface area contributed by atoms with Gasteiger partial charge in [0.15, 0.2) is 5.43 Å². The first-order valence-corrected chi connectivity index (χ1v) is 20.4. The second kappa shape index (κ2) is 17.4. The molecule has 3 aliphatic heterocycles. The van der Waals surface area contributed by atoms with Gasteiger partial charge in [-0.2, -0.15) is 15.0 Å². The second-order valence-electron chi connectivity index (χ2n) is 15.2. The van der Waals surface area contributed by atoms with Crippen LogP contribution in [-0.4, -0.2) is 126 Å². The Morgan fingerprint density at radius 3 is 2.24 bits per heavy atom. The Hall–Kier alpha value is -7.64. The highest BCUT2D eigenvalue weighted by Gasteiger charge is 2.32. The van der Waals surface area contributed by atoms with Gasteiger partial charge in [0.1, 0.15) is 28.9 Å². The summed E-state index contributed by atoms with van der Waals surface area (Å²) in [5.41, 5.74) is 3.12. The molecule has 0 unspecified atom stereocenters. The molecule has 5 aromatic rings. The fourth-order valence-electron chi connectivity index (χ4n) is 7.93. The third-order valence-electron chi connectivity index (χ3n) is 11.1. The van der Waals surface area contributed by atoms with E-state index in [9.17, 15) is 34.8 Å². The van der Waals surface area contributed by atoms with Crippen molar-refractivity contribution in [1.29, 1.82) is 0 Å².